The average Bonchev–Trinajstić information content (AvgIpc) is 2.16. The summed E-state index contributed by atoms with van der Waals surface area (Å²) < 4.78 is 4.54. The first kappa shape index (κ1) is 10.4. The van der Waals surface area contributed by atoms with Crippen LogP contribution in [-0.2, 0) is 6.42 Å². The number of aromatic nitrogens is 2. The normalized spacial score (nSPS) is 9.79. The Morgan fingerprint density at radius 1 is 1.50 bits per heavy atom. The van der Waals surface area contributed by atoms with Crippen LogP contribution in [0.1, 0.15) is 12.2 Å². The highest BCUT2D eigenvalue weighted by Gasteiger charge is 2.00. The van der Waals surface area contributed by atoms with Crippen LogP contribution in [0.4, 0.5) is 4.79 Å². The van der Waals surface area contributed by atoms with E-state index in [0.29, 0.717) is 18.7 Å². The molecule has 3 N–H and O–H groups in total. The van der Waals surface area contributed by atoms with Gasteiger partial charge in [0.2, 0.25) is 0 Å². The van der Waals surface area contributed by atoms with Gasteiger partial charge in [0.25, 0.3) is 0 Å². The van der Waals surface area contributed by atoms with Crippen molar-refractivity contribution in [2.24, 2.45) is 5.73 Å². The summed E-state index contributed by atoms with van der Waals surface area (Å²) in [5, 5.41) is 8.56. The molecule has 0 aliphatic rings. The van der Waals surface area contributed by atoms with Gasteiger partial charge in [-0.25, -0.2) is 14.8 Å². The molecule has 1 rings (SSSR count). The number of amides is 1. The molecule has 0 saturated carbocycles. The molecule has 0 spiro atoms. The summed E-state index contributed by atoms with van der Waals surface area (Å²) in [6.45, 7) is 0.100. The second kappa shape index (κ2) is 5.13. The molecule has 0 unspecified atom stereocenters. The molecule has 0 aliphatic carbocycles. The van der Waals surface area contributed by atoms with Gasteiger partial charge in [-0.15, -0.1) is 0 Å². The minimum atomic E-state index is -0.892. The molecule has 1 heterocycles. The van der Waals surface area contributed by atoms with Crippen molar-refractivity contribution >= 4 is 6.09 Å². The maximum Gasteiger partial charge on any atom is 0.410 e. The molecule has 0 radical (unpaired) electrons. The molecule has 0 bridgehead atoms. The molecule has 0 saturated heterocycles. The first-order valence-corrected chi connectivity index (χ1v) is 4.11. The topological polar surface area (TPSA) is 98.3 Å². The van der Waals surface area contributed by atoms with E-state index in [1.165, 1.54) is 12.4 Å². The number of primary amides is 1. The van der Waals surface area contributed by atoms with E-state index in [9.17, 15) is 4.79 Å². The van der Waals surface area contributed by atoms with Crippen LogP contribution in [-0.4, -0.2) is 27.8 Å². The maximum absolute atomic E-state index is 10.3. The molecule has 14 heavy (non-hydrogen) atoms. The van der Waals surface area contributed by atoms with Crippen molar-refractivity contribution in [1.82, 2.24) is 9.97 Å². The smallest absolute Gasteiger partial charge is 0.407 e. The van der Waals surface area contributed by atoms with E-state index < -0.39 is 6.09 Å². The largest absolute Gasteiger partial charge is 0.410 e. The highest BCUT2D eigenvalue weighted by Crippen LogP contribution is 2.06. The van der Waals surface area contributed by atoms with Crippen LogP contribution < -0.4 is 10.5 Å². The molecule has 1 aromatic rings. The Bertz CT molecular complexity index is 299. The number of rotatable bonds is 4. The van der Waals surface area contributed by atoms with Crippen molar-refractivity contribution < 1.29 is 14.6 Å². The lowest BCUT2D eigenvalue weighted by Crippen LogP contribution is -2.16. The van der Waals surface area contributed by atoms with Crippen LogP contribution in [0.3, 0.4) is 0 Å². The second-order valence-corrected chi connectivity index (χ2v) is 2.58. The number of carbonyl (C=O) groups excluding carboxylic acids is 1. The van der Waals surface area contributed by atoms with Gasteiger partial charge >= 0.3 is 6.09 Å². The first-order chi connectivity index (χ1) is 6.72. The SMILES string of the molecule is NC(=O)Oc1cnc(CCCO)nc1. The van der Waals surface area contributed by atoms with E-state index in [0.717, 1.165) is 0 Å². The van der Waals surface area contributed by atoms with E-state index in [4.69, 9.17) is 10.8 Å². The van der Waals surface area contributed by atoms with Crippen LogP contribution in [0, 0.1) is 0 Å². The fraction of sp³-hybridized carbons (Fsp3) is 0.375. The number of ether oxygens (including phenoxy) is 1. The van der Waals surface area contributed by atoms with Gasteiger partial charge in [0, 0.05) is 13.0 Å². The lowest BCUT2D eigenvalue weighted by atomic mass is 10.3. The zero-order chi connectivity index (χ0) is 10.4. The summed E-state index contributed by atoms with van der Waals surface area (Å²) in [6.07, 6.45) is 3.04. The lowest BCUT2D eigenvalue weighted by molar-refractivity contribution is 0.210. The fourth-order valence-corrected chi connectivity index (χ4v) is 0.878. The molecular formula is C8H11N3O3. The Morgan fingerprint density at radius 2 is 2.14 bits per heavy atom. The summed E-state index contributed by atoms with van der Waals surface area (Å²) in [5.74, 6) is 0.807. The van der Waals surface area contributed by atoms with Crippen LogP contribution in [0.15, 0.2) is 12.4 Å². The Morgan fingerprint density at radius 3 is 2.64 bits per heavy atom. The molecule has 0 fully saturated rings. The van der Waals surface area contributed by atoms with E-state index in [2.05, 4.69) is 14.7 Å². The van der Waals surface area contributed by atoms with Crippen molar-refractivity contribution in [1.29, 1.82) is 0 Å². The van der Waals surface area contributed by atoms with Crippen molar-refractivity contribution in [3.63, 3.8) is 0 Å². The summed E-state index contributed by atoms with van der Waals surface area (Å²) in [6, 6.07) is 0. The van der Waals surface area contributed by atoms with Gasteiger partial charge in [-0.2, -0.15) is 0 Å². The summed E-state index contributed by atoms with van der Waals surface area (Å²) >= 11 is 0. The van der Waals surface area contributed by atoms with Gasteiger partial charge in [0.15, 0.2) is 5.75 Å². The molecule has 6 nitrogen and oxygen atoms in total. The Labute approximate surface area is 80.7 Å². The quantitative estimate of drug-likeness (QED) is 0.699. The third-order valence-corrected chi connectivity index (χ3v) is 1.46. The number of carbonyl (C=O) groups is 1. The van der Waals surface area contributed by atoms with E-state index in [1.54, 1.807) is 0 Å². The van der Waals surface area contributed by atoms with Crippen molar-refractivity contribution in [2.75, 3.05) is 6.61 Å². The highest BCUT2D eigenvalue weighted by atomic mass is 16.5. The van der Waals surface area contributed by atoms with Crippen LogP contribution in [0.25, 0.3) is 0 Å². The standard InChI is InChI=1S/C8H11N3O3/c9-8(13)14-6-4-10-7(11-5-6)2-1-3-12/h4-5,12H,1-3H2,(H2,9,13). The van der Waals surface area contributed by atoms with E-state index in [-0.39, 0.29) is 12.4 Å². The van der Waals surface area contributed by atoms with Crippen molar-refractivity contribution in [3.05, 3.63) is 18.2 Å². The lowest BCUT2D eigenvalue weighted by Gasteiger charge is -2.00. The summed E-state index contributed by atoms with van der Waals surface area (Å²) in [5.41, 5.74) is 4.79. The molecule has 0 aliphatic heterocycles. The minimum absolute atomic E-state index is 0.100. The van der Waals surface area contributed by atoms with Crippen molar-refractivity contribution in [3.8, 4) is 5.75 Å². The average molecular weight is 197 g/mol. The number of hydrogen-bond donors (Lipinski definition) is 2. The first-order valence-electron chi connectivity index (χ1n) is 4.11. The number of hydrogen-bond acceptors (Lipinski definition) is 5. The summed E-state index contributed by atoms with van der Waals surface area (Å²) in [4.78, 5) is 18.2. The van der Waals surface area contributed by atoms with Gasteiger partial charge in [0.1, 0.15) is 5.82 Å². The molecule has 76 valence electrons. The molecule has 1 amide bonds. The zero-order valence-corrected chi connectivity index (χ0v) is 7.51. The van der Waals surface area contributed by atoms with Gasteiger partial charge in [-0.3, -0.25) is 0 Å². The Hall–Kier alpha value is -1.69. The molecule has 1 aromatic heterocycles. The van der Waals surface area contributed by atoms with Gasteiger partial charge in [0.05, 0.1) is 12.4 Å². The van der Waals surface area contributed by atoms with E-state index in [1.807, 2.05) is 0 Å². The third-order valence-electron chi connectivity index (χ3n) is 1.46. The summed E-state index contributed by atoms with van der Waals surface area (Å²) in [7, 11) is 0. The number of aryl methyl sites for hydroxylation is 1. The van der Waals surface area contributed by atoms with Crippen LogP contribution in [0.2, 0.25) is 0 Å². The second-order valence-electron chi connectivity index (χ2n) is 2.58. The Balaban J connectivity index is 2.54. The third kappa shape index (κ3) is 3.36. The van der Waals surface area contributed by atoms with Gasteiger partial charge < -0.3 is 15.6 Å². The molecule has 6 heteroatoms. The number of aliphatic hydroxyl groups excluding tert-OH is 1. The minimum Gasteiger partial charge on any atom is -0.407 e. The van der Waals surface area contributed by atoms with Crippen molar-refractivity contribution in [2.45, 2.75) is 12.8 Å². The van der Waals surface area contributed by atoms with Gasteiger partial charge in [-0.1, -0.05) is 0 Å². The predicted octanol–water partition coefficient (Wildman–Crippen LogP) is -0.141. The Kier molecular flexibility index (Phi) is 3.81. The fourth-order valence-electron chi connectivity index (χ4n) is 0.878. The zero-order valence-electron chi connectivity index (χ0n) is 7.51. The number of aliphatic hydroxyl groups is 1. The predicted molar refractivity (Wildman–Crippen MR) is 47.7 cm³/mol. The maximum atomic E-state index is 10.3. The monoisotopic (exact) mass is 197 g/mol. The van der Waals surface area contributed by atoms with Gasteiger partial charge in [-0.05, 0) is 6.42 Å². The van der Waals surface area contributed by atoms with E-state index >= 15 is 0 Å². The van der Waals surface area contributed by atoms with Crippen LogP contribution in [0.5, 0.6) is 5.75 Å². The highest BCUT2D eigenvalue weighted by molar-refractivity contribution is 5.67. The van der Waals surface area contributed by atoms with Crippen LogP contribution >= 0.6 is 0 Å². The molecule has 0 aromatic carbocycles. The number of nitrogens with two attached hydrogens (primary N) is 1. The molecule has 0 atom stereocenters. The molecular weight excluding hydrogens is 186 g/mol. The number of nitrogens with zero attached hydrogens (tertiary/aromatic N) is 2.